The van der Waals surface area contributed by atoms with Crippen LogP contribution < -0.4 is 9.64 Å². The van der Waals surface area contributed by atoms with E-state index in [2.05, 4.69) is 22.9 Å². The number of ether oxygens (including phenoxy) is 3. The van der Waals surface area contributed by atoms with Crippen molar-refractivity contribution < 1.29 is 19.0 Å². The topological polar surface area (TPSA) is 48.0 Å². The zero-order valence-corrected chi connectivity index (χ0v) is 16.8. The Morgan fingerprint density at radius 3 is 2.74 bits per heavy atom. The molecule has 1 saturated heterocycles. The zero-order valence-electron chi connectivity index (χ0n) is 15.2. The average molecular weight is 432 g/mol. The molecule has 0 atom stereocenters. The Labute approximate surface area is 167 Å². The van der Waals surface area contributed by atoms with Crippen LogP contribution in [0.2, 0.25) is 0 Å². The normalized spacial score (nSPS) is 17.6. The fourth-order valence-electron chi connectivity index (χ4n) is 3.53. The maximum absolute atomic E-state index is 13.3. The summed E-state index contributed by atoms with van der Waals surface area (Å²) in [5.74, 6) is -0.694. The second-order valence-corrected chi connectivity index (χ2v) is 7.59. The van der Waals surface area contributed by atoms with Crippen LogP contribution in [0.1, 0.15) is 30.9 Å². The summed E-state index contributed by atoms with van der Waals surface area (Å²) in [6.45, 7) is 4.02. The summed E-state index contributed by atoms with van der Waals surface area (Å²) >= 11 is 3.49. The standard InChI is InChI=1S/C21H22BrNO4/c1-2-3-10-25-19-7-5-4-6-15(19)14-23-18-9-8-16(22)13-17(18)21(20(23)24)26-11-12-27-21/h4-9,13H,2-3,10-12,14H2,1H3. The van der Waals surface area contributed by atoms with Crippen molar-refractivity contribution in [2.45, 2.75) is 32.1 Å². The van der Waals surface area contributed by atoms with E-state index < -0.39 is 5.79 Å². The lowest BCUT2D eigenvalue weighted by Gasteiger charge is -2.23. The number of carbonyl (C=O) groups excluding carboxylic acids is 1. The molecule has 1 fully saturated rings. The van der Waals surface area contributed by atoms with E-state index in [-0.39, 0.29) is 5.91 Å². The van der Waals surface area contributed by atoms with E-state index >= 15 is 0 Å². The molecule has 1 amide bonds. The van der Waals surface area contributed by atoms with Crippen molar-refractivity contribution in [1.82, 2.24) is 0 Å². The summed E-state index contributed by atoms with van der Waals surface area (Å²) in [7, 11) is 0. The number of carbonyl (C=O) groups is 1. The van der Waals surface area contributed by atoms with Crippen LogP contribution in [0.5, 0.6) is 5.75 Å². The van der Waals surface area contributed by atoms with Crippen LogP contribution in [0.15, 0.2) is 46.9 Å². The second kappa shape index (κ2) is 7.62. The maximum Gasteiger partial charge on any atom is 0.292 e. The van der Waals surface area contributed by atoms with Gasteiger partial charge in [0.25, 0.3) is 11.7 Å². The Bertz CT molecular complexity index is 848. The SMILES string of the molecule is CCCCOc1ccccc1CN1C(=O)C2(OCCO2)c2cc(Br)ccc21. The molecule has 0 unspecified atom stereocenters. The number of fused-ring (bicyclic) bond motifs is 2. The molecule has 2 heterocycles. The molecule has 0 radical (unpaired) electrons. The minimum Gasteiger partial charge on any atom is -0.493 e. The number of hydrogen-bond donors (Lipinski definition) is 0. The number of para-hydroxylation sites is 1. The smallest absolute Gasteiger partial charge is 0.292 e. The van der Waals surface area contributed by atoms with E-state index in [0.29, 0.717) is 26.4 Å². The molecule has 6 heteroatoms. The van der Waals surface area contributed by atoms with Gasteiger partial charge in [0.2, 0.25) is 0 Å². The van der Waals surface area contributed by atoms with Gasteiger partial charge in [0, 0.05) is 15.6 Å². The first-order valence-electron chi connectivity index (χ1n) is 9.26. The highest BCUT2D eigenvalue weighted by Crippen LogP contribution is 2.47. The molecule has 0 bridgehead atoms. The first kappa shape index (κ1) is 18.5. The molecule has 0 aliphatic carbocycles. The van der Waals surface area contributed by atoms with Gasteiger partial charge in [-0.15, -0.1) is 0 Å². The summed E-state index contributed by atoms with van der Waals surface area (Å²) < 4.78 is 18.4. The molecule has 0 saturated carbocycles. The summed E-state index contributed by atoms with van der Waals surface area (Å²) in [6, 6.07) is 13.6. The van der Waals surface area contributed by atoms with E-state index in [1.165, 1.54) is 0 Å². The zero-order chi connectivity index (χ0) is 18.9. The van der Waals surface area contributed by atoms with Crippen molar-refractivity contribution in [3.8, 4) is 5.75 Å². The first-order valence-corrected chi connectivity index (χ1v) is 10.1. The fraction of sp³-hybridized carbons (Fsp3) is 0.381. The fourth-order valence-corrected chi connectivity index (χ4v) is 3.89. The van der Waals surface area contributed by atoms with Crippen LogP contribution in [0.3, 0.4) is 0 Å². The molecule has 2 aliphatic heterocycles. The first-order chi connectivity index (χ1) is 13.2. The monoisotopic (exact) mass is 431 g/mol. The van der Waals surface area contributed by atoms with Gasteiger partial charge in [-0.25, -0.2) is 0 Å². The Morgan fingerprint density at radius 2 is 1.96 bits per heavy atom. The van der Waals surface area contributed by atoms with Gasteiger partial charge in [-0.1, -0.05) is 47.5 Å². The largest absolute Gasteiger partial charge is 0.493 e. The third-order valence-corrected chi connectivity index (χ3v) is 5.37. The molecule has 27 heavy (non-hydrogen) atoms. The van der Waals surface area contributed by atoms with Crippen molar-refractivity contribution in [2.24, 2.45) is 0 Å². The number of rotatable bonds is 6. The van der Waals surface area contributed by atoms with Gasteiger partial charge in [-0.2, -0.15) is 0 Å². The number of hydrogen-bond acceptors (Lipinski definition) is 4. The highest BCUT2D eigenvalue weighted by molar-refractivity contribution is 9.10. The molecular weight excluding hydrogens is 410 g/mol. The van der Waals surface area contributed by atoms with Crippen molar-refractivity contribution in [3.05, 3.63) is 58.1 Å². The van der Waals surface area contributed by atoms with E-state index in [4.69, 9.17) is 14.2 Å². The summed E-state index contributed by atoms with van der Waals surface area (Å²) in [4.78, 5) is 15.0. The summed E-state index contributed by atoms with van der Waals surface area (Å²) in [5.41, 5.74) is 2.53. The highest BCUT2D eigenvalue weighted by Gasteiger charge is 2.56. The molecule has 1 spiro atoms. The predicted molar refractivity (Wildman–Crippen MR) is 106 cm³/mol. The van der Waals surface area contributed by atoms with Crippen LogP contribution in [0.4, 0.5) is 5.69 Å². The lowest BCUT2D eigenvalue weighted by atomic mass is 10.1. The number of benzene rings is 2. The molecule has 142 valence electrons. The minimum atomic E-state index is -1.32. The van der Waals surface area contributed by atoms with Crippen molar-refractivity contribution in [3.63, 3.8) is 0 Å². The highest BCUT2D eigenvalue weighted by atomic mass is 79.9. The molecule has 4 rings (SSSR count). The number of halogens is 1. The molecule has 2 aromatic rings. The number of anilines is 1. The third kappa shape index (κ3) is 3.26. The van der Waals surface area contributed by atoms with E-state index in [1.807, 2.05) is 42.5 Å². The Morgan fingerprint density at radius 1 is 1.19 bits per heavy atom. The Hall–Kier alpha value is -1.89. The lowest BCUT2D eigenvalue weighted by Crippen LogP contribution is -2.41. The second-order valence-electron chi connectivity index (χ2n) is 6.68. The van der Waals surface area contributed by atoms with Crippen LogP contribution in [0, 0.1) is 0 Å². The van der Waals surface area contributed by atoms with Gasteiger partial charge in [-0.05, 0) is 30.7 Å². The molecule has 5 nitrogen and oxygen atoms in total. The van der Waals surface area contributed by atoms with Gasteiger partial charge in [0.05, 0.1) is 32.1 Å². The van der Waals surface area contributed by atoms with Crippen molar-refractivity contribution >= 4 is 27.5 Å². The van der Waals surface area contributed by atoms with Gasteiger partial charge >= 0.3 is 0 Å². The van der Waals surface area contributed by atoms with Crippen LogP contribution in [0.25, 0.3) is 0 Å². The van der Waals surface area contributed by atoms with Crippen molar-refractivity contribution in [1.29, 1.82) is 0 Å². The van der Waals surface area contributed by atoms with Crippen molar-refractivity contribution in [2.75, 3.05) is 24.7 Å². The van der Waals surface area contributed by atoms with Gasteiger partial charge in [0.15, 0.2) is 0 Å². The van der Waals surface area contributed by atoms with Gasteiger partial charge in [0.1, 0.15) is 5.75 Å². The quantitative estimate of drug-likeness (QED) is 0.636. The molecule has 0 aromatic heterocycles. The number of unbranched alkanes of at least 4 members (excludes halogenated alkanes) is 1. The Kier molecular flexibility index (Phi) is 5.21. The summed E-state index contributed by atoms with van der Waals surface area (Å²) in [6.07, 6.45) is 2.07. The summed E-state index contributed by atoms with van der Waals surface area (Å²) in [5, 5.41) is 0. The third-order valence-electron chi connectivity index (χ3n) is 4.88. The van der Waals surface area contributed by atoms with E-state index in [0.717, 1.165) is 39.9 Å². The molecule has 2 aromatic carbocycles. The molecular formula is C21H22BrNO4. The predicted octanol–water partition coefficient (Wildman–Crippen LogP) is 4.37. The molecule has 0 N–H and O–H groups in total. The molecule has 2 aliphatic rings. The Balaban J connectivity index is 1.67. The lowest BCUT2D eigenvalue weighted by molar-refractivity contribution is -0.180. The van der Waals surface area contributed by atoms with Crippen LogP contribution >= 0.6 is 15.9 Å². The number of nitrogens with zero attached hydrogens (tertiary/aromatic N) is 1. The average Bonchev–Trinajstić information content (AvgIpc) is 3.25. The van der Waals surface area contributed by atoms with Gasteiger partial charge < -0.3 is 19.1 Å². The number of amides is 1. The van der Waals surface area contributed by atoms with E-state index in [9.17, 15) is 4.79 Å². The van der Waals surface area contributed by atoms with E-state index in [1.54, 1.807) is 4.90 Å². The van der Waals surface area contributed by atoms with Crippen LogP contribution in [-0.4, -0.2) is 25.7 Å². The van der Waals surface area contributed by atoms with Gasteiger partial charge in [-0.3, -0.25) is 4.79 Å². The van der Waals surface area contributed by atoms with Crippen LogP contribution in [-0.2, 0) is 26.6 Å². The minimum absolute atomic E-state index is 0.184. The maximum atomic E-state index is 13.3.